The number of rotatable bonds is 7. The van der Waals surface area contributed by atoms with Gasteiger partial charge in [-0.3, -0.25) is 0 Å². The molecule has 0 bridgehead atoms. The third kappa shape index (κ3) is 4.34. The summed E-state index contributed by atoms with van der Waals surface area (Å²) in [6.07, 6.45) is 1.37. The van der Waals surface area contributed by atoms with Crippen LogP contribution in [0.3, 0.4) is 0 Å². The van der Waals surface area contributed by atoms with Gasteiger partial charge in [0.15, 0.2) is 5.03 Å². The smallest absolute Gasteiger partial charge is 0.258 e. The van der Waals surface area contributed by atoms with Crippen molar-refractivity contribution in [3.05, 3.63) is 23.9 Å². The van der Waals surface area contributed by atoms with Gasteiger partial charge in [0.1, 0.15) is 0 Å². The second-order valence-corrected chi connectivity index (χ2v) is 5.65. The number of nitrogens with zero attached hydrogens (tertiary/aromatic N) is 1. The Hall–Kier alpha value is -1.02. The number of pyridine rings is 1. The van der Waals surface area contributed by atoms with Crippen molar-refractivity contribution >= 4 is 10.0 Å². The Morgan fingerprint density at radius 1 is 1.44 bits per heavy atom. The molecule has 18 heavy (non-hydrogen) atoms. The molecular weight excluding hydrogens is 254 g/mol. The predicted octanol–water partition coefficient (Wildman–Crippen LogP) is 0.114. The van der Waals surface area contributed by atoms with E-state index in [1.165, 1.54) is 13.2 Å². The zero-order valence-corrected chi connectivity index (χ0v) is 11.6. The average molecular weight is 273 g/mol. The highest BCUT2D eigenvalue weighted by atomic mass is 32.2. The molecule has 2 N–H and O–H groups in total. The van der Waals surface area contributed by atoms with Crippen LogP contribution in [0.5, 0.6) is 0 Å². The Kier molecular flexibility index (Phi) is 5.67. The fraction of sp³-hybridized carbons (Fsp3) is 0.545. The quantitative estimate of drug-likeness (QED) is 0.737. The third-order valence-corrected chi connectivity index (χ3v) is 3.76. The molecule has 102 valence electrons. The summed E-state index contributed by atoms with van der Waals surface area (Å²) in [6.45, 7) is 2.66. The normalized spacial score (nSPS) is 13.5. The minimum atomic E-state index is -3.56. The summed E-state index contributed by atoms with van der Waals surface area (Å²) in [6, 6.07) is 3.23. The summed E-state index contributed by atoms with van der Waals surface area (Å²) in [5, 5.41) is 2.99. The second-order valence-electron chi connectivity index (χ2n) is 3.93. The van der Waals surface area contributed by atoms with Gasteiger partial charge in [-0.15, -0.1) is 0 Å². The van der Waals surface area contributed by atoms with Crippen molar-refractivity contribution in [3.8, 4) is 0 Å². The van der Waals surface area contributed by atoms with Gasteiger partial charge in [-0.25, -0.2) is 18.1 Å². The van der Waals surface area contributed by atoms with Gasteiger partial charge in [-0.1, -0.05) is 6.07 Å². The lowest BCUT2D eigenvalue weighted by Crippen LogP contribution is -2.32. The molecule has 0 aliphatic heterocycles. The standard InChI is InChI=1S/C11H19N3O3S/c1-9(17-3)6-14-18(15,16)11-5-4-10(7-12-2)8-13-11/h4-5,8-9,12,14H,6-7H2,1-3H3. The van der Waals surface area contributed by atoms with Crippen LogP contribution in [0.1, 0.15) is 12.5 Å². The average Bonchev–Trinajstić information content (AvgIpc) is 2.37. The van der Waals surface area contributed by atoms with Crippen molar-refractivity contribution in [2.45, 2.75) is 24.6 Å². The van der Waals surface area contributed by atoms with E-state index in [-0.39, 0.29) is 17.7 Å². The first kappa shape index (κ1) is 15.0. The number of nitrogens with one attached hydrogen (secondary N) is 2. The molecule has 7 heteroatoms. The first-order chi connectivity index (χ1) is 8.49. The molecule has 1 heterocycles. The zero-order chi connectivity index (χ0) is 13.6. The Morgan fingerprint density at radius 2 is 2.17 bits per heavy atom. The molecule has 1 atom stereocenters. The predicted molar refractivity (Wildman–Crippen MR) is 68.7 cm³/mol. The van der Waals surface area contributed by atoms with E-state index in [9.17, 15) is 8.42 Å². The van der Waals surface area contributed by atoms with E-state index in [1.54, 1.807) is 19.2 Å². The van der Waals surface area contributed by atoms with Crippen LogP contribution in [0.2, 0.25) is 0 Å². The molecule has 0 saturated carbocycles. The minimum absolute atomic E-state index is 0.0191. The summed E-state index contributed by atoms with van der Waals surface area (Å²) in [4.78, 5) is 3.94. The van der Waals surface area contributed by atoms with Crippen molar-refractivity contribution in [1.82, 2.24) is 15.0 Å². The van der Waals surface area contributed by atoms with E-state index >= 15 is 0 Å². The van der Waals surface area contributed by atoms with Gasteiger partial charge >= 0.3 is 0 Å². The Morgan fingerprint density at radius 3 is 2.67 bits per heavy atom. The molecule has 0 aliphatic rings. The van der Waals surface area contributed by atoms with Crippen LogP contribution < -0.4 is 10.0 Å². The molecule has 1 aromatic heterocycles. The highest BCUT2D eigenvalue weighted by molar-refractivity contribution is 7.89. The van der Waals surface area contributed by atoms with Gasteiger partial charge in [0.2, 0.25) is 0 Å². The highest BCUT2D eigenvalue weighted by Crippen LogP contribution is 2.06. The van der Waals surface area contributed by atoms with Crippen molar-refractivity contribution < 1.29 is 13.2 Å². The Bertz CT molecular complexity index is 459. The van der Waals surface area contributed by atoms with Gasteiger partial charge < -0.3 is 10.1 Å². The monoisotopic (exact) mass is 273 g/mol. The SMILES string of the molecule is CNCc1ccc(S(=O)(=O)NCC(C)OC)nc1. The molecule has 6 nitrogen and oxygen atoms in total. The number of sulfonamides is 1. The van der Waals surface area contributed by atoms with Crippen LogP contribution in [0.15, 0.2) is 23.4 Å². The molecule has 0 aliphatic carbocycles. The van der Waals surface area contributed by atoms with Crippen LogP contribution in [-0.2, 0) is 21.3 Å². The molecule has 0 saturated heterocycles. The summed E-state index contributed by atoms with van der Waals surface area (Å²) in [5.41, 5.74) is 0.932. The first-order valence-electron chi connectivity index (χ1n) is 5.61. The van der Waals surface area contributed by atoms with Crippen molar-refractivity contribution in [2.75, 3.05) is 20.7 Å². The maximum absolute atomic E-state index is 11.9. The maximum Gasteiger partial charge on any atom is 0.258 e. The number of methoxy groups -OCH3 is 1. The maximum atomic E-state index is 11.9. The molecule has 0 fully saturated rings. The van der Waals surface area contributed by atoms with E-state index in [4.69, 9.17) is 4.74 Å². The number of hydrogen-bond acceptors (Lipinski definition) is 5. The fourth-order valence-corrected chi connectivity index (χ4v) is 2.30. The van der Waals surface area contributed by atoms with E-state index in [1.807, 2.05) is 7.05 Å². The molecule has 1 unspecified atom stereocenters. The van der Waals surface area contributed by atoms with Gasteiger partial charge in [0, 0.05) is 26.4 Å². The van der Waals surface area contributed by atoms with Crippen molar-refractivity contribution in [1.29, 1.82) is 0 Å². The van der Waals surface area contributed by atoms with Crippen molar-refractivity contribution in [3.63, 3.8) is 0 Å². The Labute approximate surface area is 108 Å². The van der Waals surface area contributed by atoms with Gasteiger partial charge in [0.25, 0.3) is 10.0 Å². The van der Waals surface area contributed by atoms with Crippen LogP contribution in [-0.4, -0.2) is 40.2 Å². The summed E-state index contributed by atoms with van der Waals surface area (Å²) in [7, 11) is -0.209. The van der Waals surface area contributed by atoms with Gasteiger partial charge in [-0.05, 0) is 25.6 Å². The number of aromatic nitrogens is 1. The lowest BCUT2D eigenvalue weighted by Gasteiger charge is -2.11. The summed E-state index contributed by atoms with van der Waals surface area (Å²) in [5.74, 6) is 0. The van der Waals surface area contributed by atoms with Crippen LogP contribution in [0.4, 0.5) is 0 Å². The molecule has 0 amide bonds. The van der Waals surface area contributed by atoms with Crippen LogP contribution >= 0.6 is 0 Å². The minimum Gasteiger partial charge on any atom is -0.380 e. The first-order valence-corrected chi connectivity index (χ1v) is 7.10. The summed E-state index contributed by atoms with van der Waals surface area (Å²) >= 11 is 0. The lowest BCUT2D eigenvalue weighted by atomic mass is 10.3. The number of ether oxygens (including phenoxy) is 1. The largest absolute Gasteiger partial charge is 0.380 e. The second kappa shape index (κ2) is 6.79. The number of hydrogen-bond donors (Lipinski definition) is 2. The molecule has 0 spiro atoms. The molecule has 1 aromatic rings. The van der Waals surface area contributed by atoms with Gasteiger partial charge in [-0.2, -0.15) is 0 Å². The van der Waals surface area contributed by atoms with E-state index in [0.29, 0.717) is 6.54 Å². The highest BCUT2D eigenvalue weighted by Gasteiger charge is 2.16. The lowest BCUT2D eigenvalue weighted by molar-refractivity contribution is 0.122. The van der Waals surface area contributed by atoms with Crippen molar-refractivity contribution in [2.24, 2.45) is 0 Å². The molecule has 0 radical (unpaired) electrons. The van der Waals surface area contributed by atoms with E-state index in [2.05, 4.69) is 15.0 Å². The fourth-order valence-electron chi connectivity index (χ4n) is 1.26. The van der Waals surface area contributed by atoms with E-state index < -0.39 is 10.0 Å². The van der Waals surface area contributed by atoms with Gasteiger partial charge in [0.05, 0.1) is 6.10 Å². The Balaban J connectivity index is 2.72. The third-order valence-electron chi connectivity index (χ3n) is 2.42. The molecular formula is C11H19N3O3S. The van der Waals surface area contributed by atoms with Crippen LogP contribution in [0, 0.1) is 0 Å². The van der Waals surface area contributed by atoms with E-state index in [0.717, 1.165) is 5.56 Å². The topological polar surface area (TPSA) is 80.3 Å². The molecule has 1 rings (SSSR count). The summed E-state index contributed by atoms with van der Waals surface area (Å²) < 4.78 is 31.2. The molecule has 0 aromatic carbocycles. The van der Waals surface area contributed by atoms with Crippen LogP contribution in [0.25, 0.3) is 0 Å². The zero-order valence-electron chi connectivity index (χ0n) is 10.8.